The van der Waals surface area contributed by atoms with Gasteiger partial charge in [0.2, 0.25) is 0 Å². The van der Waals surface area contributed by atoms with Gasteiger partial charge in [0, 0.05) is 0 Å². The number of benzene rings is 1. The fourth-order valence-corrected chi connectivity index (χ4v) is 2.23. The van der Waals surface area contributed by atoms with Crippen LogP contribution >= 0.6 is 0 Å². The molecule has 2 atom stereocenters. The molecule has 0 radical (unpaired) electrons. The van der Waals surface area contributed by atoms with Crippen LogP contribution in [0.2, 0.25) is 0 Å². The lowest BCUT2D eigenvalue weighted by Crippen LogP contribution is -2.20. The van der Waals surface area contributed by atoms with Gasteiger partial charge in [-0.25, -0.2) is 9.78 Å². The van der Waals surface area contributed by atoms with E-state index in [1.54, 1.807) is 13.3 Å². The van der Waals surface area contributed by atoms with Crippen LogP contribution < -0.4 is 0 Å². The summed E-state index contributed by atoms with van der Waals surface area (Å²) < 4.78 is 7.26. The van der Waals surface area contributed by atoms with Crippen molar-refractivity contribution in [3.63, 3.8) is 0 Å². The van der Waals surface area contributed by atoms with Crippen molar-refractivity contribution in [1.29, 1.82) is 0 Å². The van der Waals surface area contributed by atoms with E-state index in [0.29, 0.717) is 12.1 Å². The van der Waals surface area contributed by atoms with E-state index in [2.05, 4.69) is 16.8 Å². The second-order valence-corrected chi connectivity index (χ2v) is 4.97. The van der Waals surface area contributed by atoms with Gasteiger partial charge < -0.3 is 9.30 Å². The summed E-state index contributed by atoms with van der Waals surface area (Å²) in [6.45, 7) is 5.70. The molecule has 114 valence electrons. The van der Waals surface area contributed by atoms with Crippen LogP contribution in [0.3, 0.4) is 0 Å². The van der Waals surface area contributed by atoms with E-state index < -0.39 is 5.97 Å². The summed E-state index contributed by atoms with van der Waals surface area (Å²) in [4.78, 5) is 16.5. The van der Waals surface area contributed by atoms with E-state index in [4.69, 9.17) is 4.74 Å². The maximum atomic E-state index is 12.4. The van der Waals surface area contributed by atoms with E-state index in [9.17, 15) is 4.79 Å². The molecule has 0 fully saturated rings. The number of hydrogen-bond donors (Lipinski definition) is 0. The van der Waals surface area contributed by atoms with E-state index in [-0.39, 0.29) is 12.1 Å². The van der Waals surface area contributed by atoms with Gasteiger partial charge in [-0.2, -0.15) is 0 Å². The minimum absolute atomic E-state index is 0.00332. The van der Waals surface area contributed by atoms with Gasteiger partial charge in [0.1, 0.15) is 5.69 Å². The van der Waals surface area contributed by atoms with Gasteiger partial charge >= 0.3 is 5.97 Å². The molecule has 0 aliphatic rings. The second kappa shape index (κ2) is 7.46. The van der Waals surface area contributed by atoms with E-state index in [0.717, 1.165) is 5.56 Å². The predicted molar refractivity (Wildman–Crippen MR) is 85.4 cm³/mol. The normalized spacial score (nSPS) is 12.9. The van der Waals surface area contributed by atoms with Crippen molar-refractivity contribution < 1.29 is 9.53 Å². The highest BCUT2D eigenvalue weighted by Gasteiger charge is 2.20. The maximum Gasteiger partial charge on any atom is 0.357 e. The lowest BCUT2D eigenvalue weighted by atomic mass is 10.1. The van der Waals surface area contributed by atoms with Crippen LogP contribution in [0.1, 0.15) is 49.3 Å². The molecule has 1 aromatic heterocycles. The van der Waals surface area contributed by atoms with E-state index in [1.807, 2.05) is 48.7 Å². The average molecular weight is 296 g/mol. The van der Waals surface area contributed by atoms with Gasteiger partial charge in [0.15, 0.2) is 6.10 Å². The molecule has 0 spiro atoms. The summed E-state index contributed by atoms with van der Waals surface area (Å²) in [5.41, 5.74) is 1.54. The number of carbonyl (C=O) groups excluding carboxylic acids is 1. The largest absolute Gasteiger partial charge is 0.444 e. The molecule has 2 unspecified atom stereocenters. The Bertz CT molecular complexity index is 680. The van der Waals surface area contributed by atoms with Gasteiger partial charge in [-0.15, -0.1) is 5.92 Å². The SMILES string of the molecule is CC#CC(CC)OC(=O)c1cncn1C(C)c1ccccc1. The Morgan fingerprint density at radius 1 is 1.36 bits per heavy atom. The highest BCUT2D eigenvalue weighted by atomic mass is 16.5. The zero-order valence-corrected chi connectivity index (χ0v) is 13.1. The number of nitrogens with zero attached hydrogens (tertiary/aromatic N) is 2. The molecule has 1 heterocycles. The molecule has 22 heavy (non-hydrogen) atoms. The first-order chi connectivity index (χ1) is 10.7. The van der Waals surface area contributed by atoms with Crippen LogP contribution in [-0.4, -0.2) is 21.6 Å². The summed E-state index contributed by atoms with van der Waals surface area (Å²) in [7, 11) is 0. The lowest BCUT2D eigenvalue weighted by Gasteiger charge is -2.17. The number of rotatable bonds is 5. The summed E-state index contributed by atoms with van der Waals surface area (Å²) >= 11 is 0. The number of ether oxygens (including phenoxy) is 1. The minimum atomic E-state index is -0.394. The highest BCUT2D eigenvalue weighted by Crippen LogP contribution is 2.20. The van der Waals surface area contributed by atoms with Crippen LogP contribution in [0.15, 0.2) is 42.9 Å². The third-order valence-electron chi connectivity index (χ3n) is 3.50. The quantitative estimate of drug-likeness (QED) is 0.627. The highest BCUT2D eigenvalue weighted by molar-refractivity contribution is 5.87. The summed E-state index contributed by atoms with van der Waals surface area (Å²) in [5, 5.41) is 0. The van der Waals surface area contributed by atoms with Gasteiger partial charge in [0.05, 0.1) is 18.6 Å². The zero-order chi connectivity index (χ0) is 15.9. The number of carbonyl (C=O) groups is 1. The molecule has 0 aliphatic heterocycles. The minimum Gasteiger partial charge on any atom is -0.444 e. The van der Waals surface area contributed by atoms with Crippen LogP contribution in [-0.2, 0) is 4.74 Å². The molecule has 4 nitrogen and oxygen atoms in total. The standard InChI is InChI=1S/C18H20N2O2/c1-4-9-16(5-2)22-18(21)17-12-19-13-20(17)14(3)15-10-7-6-8-11-15/h6-8,10-14,16H,5H2,1-3H3. The van der Waals surface area contributed by atoms with Crippen molar-refractivity contribution in [2.45, 2.75) is 39.3 Å². The molecule has 0 amide bonds. The molecule has 0 aliphatic carbocycles. The van der Waals surface area contributed by atoms with Crippen molar-refractivity contribution >= 4 is 5.97 Å². The van der Waals surface area contributed by atoms with E-state index >= 15 is 0 Å². The second-order valence-electron chi connectivity index (χ2n) is 4.97. The average Bonchev–Trinajstić information content (AvgIpc) is 3.04. The number of esters is 1. The first kappa shape index (κ1) is 15.8. The summed E-state index contributed by atoms with van der Waals surface area (Å²) in [6, 6.07) is 9.97. The predicted octanol–water partition coefficient (Wildman–Crippen LogP) is 3.45. The Morgan fingerprint density at radius 3 is 2.73 bits per heavy atom. The van der Waals surface area contributed by atoms with Gasteiger partial charge in [-0.3, -0.25) is 0 Å². The van der Waals surface area contributed by atoms with Crippen molar-refractivity contribution in [2.24, 2.45) is 0 Å². The number of aromatic nitrogens is 2. The van der Waals surface area contributed by atoms with Gasteiger partial charge in [-0.05, 0) is 25.8 Å². The van der Waals surface area contributed by atoms with Crippen molar-refractivity contribution in [1.82, 2.24) is 9.55 Å². The number of imidazole rings is 1. The van der Waals surface area contributed by atoms with Gasteiger partial charge in [0.25, 0.3) is 0 Å². The van der Waals surface area contributed by atoms with Crippen LogP contribution in [0.4, 0.5) is 0 Å². The molecule has 0 saturated carbocycles. The Hall–Kier alpha value is -2.54. The first-order valence-electron chi connectivity index (χ1n) is 7.37. The Morgan fingerprint density at radius 2 is 2.09 bits per heavy atom. The Balaban J connectivity index is 2.21. The van der Waals surface area contributed by atoms with E-state index in [1.165, 1.54) is 6.20 Å². The smallest absolute Gasteiger partial charge is 0.357 e. The zero-order valence-electron chi connectivity index (χ0n) is 13.1. The van der Waals surface area contributed by atoms with Gasteiger partial charge in [-0.1, -0.05) is 43.2 Å². The van der Waals surface area contributed by atoms with Crippen LogP contribution in [0, 0.1) is 11.8 Å². The summed E-state index contributed by atoms with van der Waals surface area (Å²) in [6.07, 6.45) is 3.47. The molecular formula is C18H20N2O2. The fourth-order valence-electron chi connectivity index (χ4n) is 2.23. The maximum absolute atomic E-state index is 12.4. The summed E-state index contributed by atoms with van der Waals surface area (Å²) in [5.74, 6) is 5.27. The molecule has 2 rings (SSSR count). The molecule has 2 aromatic rings. The van der Waals surface area contributed by atoms with Crippen molar-refractivity contribution in [3.8, 4) is 11.8 Å². The molecule has 0 saturated heterocycles. The first-order valence-corrected chi connectivity index (χ1v) is 7.37. The molecule has 1 aromatic carbocycles. The third kappa shape index (κ3) is 3.56. The lowest BCUT2D eigenvalue weighted by molar-refractivity contribution is 0.0391. The molecule has 4 heteroatoms. The molecule has 0 bridgehead atoms. The van der Waals surface area contributed by atoms with Crippen molar-refractivity contribution in [3.05, 3.63) is 54.1 Å². The Kier molecular flexibility index (Phi) is 5.37. The molecule has 0 N–H and O–H groups in total. The third-order valence-corrected chi connectivity index (χ3v) is 3.50. The Labute approximate surface area is 131 Å². The van der Waals surface area contributed by atoms with Crippen LogP contribution in [0.25, 0.3) is 0 Å². The van der Waals surface area contributed by atoms with Crippen molar-refractivity contribution in [2.75, 3.05) is 0 Å². The molecular weight excluding hydrogens is 276 g/mol. The number of hydrogen-bond acceptors (Lipinski definition) is 3. The monoisotopic (exact) mass is 296 g/mol. The fraction of sp³-hybridized carbons (Fsp3) is 0.333. The topological polar surface area (TPSA) is 44.1 Å². The van der Waals surface area contributed by atoms with Crippen LogP contribution in [0.5, 0.6) is 0 Å².